The van der Waals surface area contributed by atoms with Gasteiger partial charge in [0.25, 0.3) is 5.91 Å². The van der Waals surface area contributed by atoms with Crippen molar-refractivity contribution in [3.05, 3.63) is 33.6 Å². The van der Waals surface area contributed by atoms with Gasteiger partial charge in [0.2, 0.25) is 5.76 Å². The van der Waals surface area contributed by atoms with Crippen LogP contribution in [0.3, 0.4) is 0 Å². The summed E-state index contributed by atoms with van der Waals surface area (Å²) in [6, 6.07) is 1.73. The maximum Gasteiger partial charge on any atom is 0.292 e. The van der Waals surface area contributed by atoms with Crippen molar-refractivity contribution in [2.45, 2.75) is 33.7 Å². The second kappa shape index (κ2) is 6.17. The predicted molar refractivity (Wildman–Crippen MR) is 77.7 cm³/mol. The summed E-state index contributed by atoms with van der Waals surface area (Å²) < 4.78 is 5.13. The van der Waals surface area contributed by atoms with E-state index >= 15 is 0 Å². The highest BCUT2D eigenvalue weighted by Gasteiger charge is 2.18. The predicted octanol–water partition coefficient (Wildman–Crippen LogP) is 2.91. The summed E-state index contributed by atoms with van der Waals surface area (Å²) in [6.45, 7) is 6.63. The molecule has 20 heavy (non-hydrogen) atoms. The second-order valence-corrected chi connectivity index (χ2v) is 6.36. The summed E-state index contributed by atoms with van der Waals surface area (Å²) in [6.07, 6.45) is 0.811. The van der Waals surface area contributed by atoms with E-state index in [1.807, 2.05) is 12.3 Å². The zero-order chi connectivity index (χ0) is 14.7. The first kappa shape index (κ1) is 14.7. The third-order valence-corrected chi connectivity index (χ3v) is 3.62. The normalized spacial score (nSPS) is 11.1. The van der Waals surface area contributed by atoms with Crippen LogP contribution in [0.4, 0.5) is 0 Å². The molecule has 6 heteroatoms. The van der Waals surface area contributed by atoms with Crippen molar-refractivity contribution in [1.29, 1.82) is 0 Å². The van der Waals surface area contributed by atoms with Crippen LogP contribution in [0, 0.1) is 12.8 Å². The fourth-order valence-electron chi connectivity index (χ4n) is 1.91. The number of amides is 1. The number of carbonyl (C=O) groups is 1. The number of aryl methyl sites for hydroxylation is 1. The Hall–Kier alpha value is -1.69. The fraction of sp³-hybridized carbons (Fsp3) is 0.500. The van der Waals surface area contributed by atoms with Crippen LogP contribution in [-0.4, -0.2) is 28.0 Å². The van der Waals surface area contributed by atoms with E-state index in [1.54, 1.807) is 29.4 Å². The van der Waals surface area contributed by atoms with Crippen LogP contribution in [0.2, 0.25) is 0 Å². The highest BCUT2D eigenvalue weighted by molar-refractivity contribution is 7.09. The van der Waals surface area contributed by atoms with Gasteiger partial charge in [-0.15, -0.1) is 11.3 Å². The second-order valence-electron chi connectivity index (χ2n) is 5.30. The van der Waals surface area contributed by atoms with Crippen molar-refractivity contribution in [3.8, 4) is 0 Å². The minimum atomic E-state index is -0.168. The molecule has 0 aromatic carbocycles. The van der Waals surface area contributed by atoms with E-state index in [0.29, 0.717) is 12.5 Å². The van der Waals surface area contributed by atoms with Gasteiger partial charge in [-0.3, -0.25) is 4.79 Å². The number of hydrogen-bond donors (Lipinski definition) is 0. The van der Waals surface area contributed by atoms with Crippen LogP contribution in [0.15, 0.2) is 16.0 Å². The molecule has 108 valence electrons. The van der Waals surface area contributed by atoms with E-state index in [1.165, 1.54) is 0 Å². The Bertz CT molecular complexity index is 589. The summed E-state index contributed by atoms with van der Waals surface area (Å²) >= 11 is 1.58. The Kier molecular flexibility index (Phi) is 4.54. The minimum absolute atomic E-state index is 0.168. The van der Waals surface area contributed by atoms with Crippen molar-refractivity contribution >= 4 is 17.2 Å². The molecular weight excluding hydrogens is 274 g/mol. The summed E-state index contributed by atoms with van der Waals surface area (Å²) in [4.78, 5) is 18.2. The molecule has 0 N–H and O–H groups in total. The molecular formula is C14H19N3O2S. The summed E-state index contributed by atoms with van der Waals surface area (Å²) in [7, 11) is 1.74. The first-order chi connectivity index (χ1) is 9.45. The van der Waals surface area contributed by atoms with Gasteiger partial charge in [0, 0.05) is 18.5 Å². The number of rotatable bonds is 5. The lowest BCUT2D eigenvalue weighted by Gasteiger charge is -2.13. The first-order valence-electron chi connectivity index (χ1n) is 6.57. The monoisotopic (exact) mass is 293 g/mol. The van der Waals surface area contributed by atoms with Crippen molar-refractivity contribution in [2.24, 2.45) is 5.92 Å². The van der Waals surface area contributed by atoms with Crippen LogP contribution in [0.25, 0.3) is 0 Å². The number of carbonyl (C=O) groups excluding carboxylic acids is 1. The van der Waals surface area contributed by atoms with Gasteiger partial charge in [-0.1, -0.05) is 19.0 Å². The molecule has 2 aromatic rings. The molecule has 0 fully saturated rings. The molecule has 2 rings (SSSR count). The van der Waals surface area contributed by atoms with Crippen molar-refractivity contribution in [1.82, 2.24) is 15.0 Å². The van der Waals surface area contributed by atoms with E-state index in [4.69, 9.17) is 4.52 Å². The molecule has 0 unspecified atom stereocenters. The molecule has 0 atom stereocenters. The molecule has 0 bridgehead atoms. The number of hydrogen-bond acceptors (Lipinski definition) is 5. The van der Waals surface area contributed by atoms with Gasteiger partial charge < -0.3 is 9.42 Å². The fourth-order valence-corrected chi connectivity index (χ4v) is 2.51. The number of aromatic nitrogens is 2. The zero-order valence-electron chi connectivity index (χ0n) is 12.2. The lowest BCUT2D eigenvalue weighted by Crippen LogP contribution is -2.26. The maximum absolute atomic E-state index is 12.2. The van der Waals surface area contributed by atoms with Crippen LogP contribution in [0.5, 0.6) is 0 Å². The van der Waals surface area contributed by atoms with Crippen LogP contribution < -0.4 is 0 Å². The van der Waals surface area contributed by atoms with Crippen molar-refractivity contribution in [3.63, 3.8) is 0 Å². The SMILES string of the molecule is Cc1nc(CN(C)C(=O)c2cc(CC(C)C)no2)cs1. The van der Waals surface area contributed by atoms with E-state index in [-0.39, 0.29) is 11.7 Å². The van der Waals surface area contributed by atoms with Gasteiger partial charge in [0.05, 0.1) is 22.9 Å². The lowest BCUT2D eigenvalue weighted by molar-refractivity contribution is 0.0742. The van der Waals surface area contributed by atoms with E-state index < -0.39 is 0 Å². The first-order valence-corrected chi connectivity index (χ1v) is 7.45. The van der Waals surface area contributed by atoms with Gasteiger partial charge >= 0.3 is 0 Å². The zero-order valence-corrected chi connectivity index (χ0v) is 13.0. The Balaban J connectivity index is 2.01. The third kappa shape index (κ3) is 3.66. The average molecular weight is 293 g/mol. The molecule has 0 saturated carbocycles. The molecule has 2 heterocycles. The number of nitrogens with zero attached hydrogens (tertiary/aromatic N) is 3. The molecule has 0 saturated heterocycles. The van der Waals surface area contributed by atoms with Gasteiger partial charge in [-0.05, 0) is 19.3 Å². The quantitative estimate of drug-likeness (QED) is 0.850. The molecule has 0 radical (unpaired) electrons. The lowest BCUT2D eigenvalue weighted by atomic mass is 10.1. The molecule has 5 nitrogen and oxygen atoms in total. The molecule has 0 spiro atoms. The van der Waals surface area contributed by atoms with E-state index in [0.717, 1.165) is 22.8 Å². The Morgan fingerprint density at radius 2 is 2.20 bits per heavy atom. The third-order valence-electron chi connectivity index (χ3n) is 2.80. The maximum atomic E-state index is 12.2. The summed E-state index contributed by atoms with van der Waals surface area (Å²) in [5.41, 5.74) is 1.71. The smallest absolute Gasteiger partial charge is 0.292 e. The van der Waals surface area contributed by atoms with Crippen LogP contribution >= 0.6 is 11.3 Å². The minimum Gasteiger partial charge on any atom is -0.351 e. The molecule has 0 aliphatic heterocycles. The largest absolute Gasteiger partial charge is 0.351 e. The Morgan fingerprint density at radius 1 is 1.45 bits per heavy atom. The average Bonchev–Trinajstić information content (AvgIpc) is 2.97. The van der Waals surface area contributed by atoms with E-state index in [9.17, 15) is 4.79 Å². The molecule has 2 aromatic heterocycles. The van der Waals surface area contributed by atoms with Gasteiger partial charge in [-0.2, -0.15) is 0 Å². The summed E-state index contributed by atoms with van der Waals surface area (Å²) in [5.74, 6) is 0.604. The molecule has 0 aliphatic rings. The molecule has 1 amide bonds. The summed E-state index contributed by atoms with van der Waals surface area (Å²) in [5, 5.41) is 6.90. The number of thiazole rings is 1. The van der Waals surface area contributed by atoms with Gasteiger partial charge in [0.15, 0.2) is 0 Å². The highest BCUT2D eigenvalue weighted by atomic mass is 32.1. The highest BCUT2D eigenvalue weighted by Crippen LogP contribution is 2.14. The topological polar surface area (TPSA) is 59.2 Å². The van der Waals surface area contributed by atoms with Crippen molar-refractivity contribution in [2.75, 3.05) is 7.05 Å². The van der Waals surface area contributed by atoms with Crippen LogP contribution in [-0.2, 0) is 13.0 Å². The van der Waals surface area contributed by atoms with Crippen molar-refractivity contribution < 1.29 is 9.32 Å². The Labute approximate surface area is 122 Å². The van der Waals surface area contributed by atoms with Gasteiger partial charge in [-0.25, -0.2) is 4.98 Å². The van der Waals surface area contributed by atoms with Crippen LogP contribution in [0.1, 0.15) is 40.8 Å². The molecule has 0 aliphatic carbocycles. The Morgan fingerprint density at radius 3 is 2.80 bits per heavy atom. The van der Waals surface area contributed by atoms with Gasteiger partial charge in [0.1, 0.15) is 0 Å². The van der Waals surface area contributed by atoms with E-state index in [2.05, 4.69) is 24.0 Å². The standard InChI is InChI=1S/C14H19N3O2S/c1-9(2)5-11-6-13(19-16-11)14(18)17(4)7-12-8-20-10(3)15-12/h6,8-9H,5,7H2,1-4H3.